The number of methoxy groups -OCH3 is 2. The molecule has 1 aromatic heterocycles. The number of ether oxygens (including phenoxy) is 8. The Bertz CT molecular complexity index is 2440. The van der Waals surface area contributed by atoms with Gasteiger partial charge in [0.1, 0.15) is 120 Å². The number of phenols is 2. The van der Waals surface area contributed by atoms with Crippen LogP contribution in [0.3, 0.4) is 0 Å². The fraction of sp³-hybridized carbons (Fsp3) is 0.455. The molecule has 3 fully saturated rings. The van der Waals surface area contributed by atoms with E-state index in [0.29, 0.717) is 11.1 Å². The van der Waals surface area contributed by atoms with Crippen LogP contribution in [0.25, 0.3) is 28.4 Å². The number of aromatic hydroxyl groups is 2. The molecule has 7 rings (SSSR count). The Morgan fingerprint density at radius 1 is 0.672 bits per heavy atom. The molecule has 4 heterocycles. The van der Waals surface area contributed by atoms with Crippen LogP contribution in [0.15, 0.2) is 69.9 Å². The molecule has 23 nitrogen and oxygen atoms in total. The molecule has 12 N–H and O–H groups in total. The van der Waals surface area contributed by atoms with Gasteiger partial charge in [0.25, 0.3) is 0 Å². The van der Waals surface area contributed by atoms with Crippen LogP contribution in [0.1, 0.15) is 17.2 Å². The maximum atomic E-state index is 13.5. The Balaban J connectivity index is 1.07. The number of hydrogen-bond donors (Lipinski definition) is 12. The summed E-state index contributed by atoms with van der Waals surface area (Å²) < 4.78 is 50.7. The smallest absolute Gasteiger partial charge is 0.330 e. The highest BCUT2D eigenvalue weighted by Crippen LogP contribution is 2.47. The van der Waals surface area contributed by atoms with Crippen molar-refractivity contribution in [1.82, 2.24) is 0 Å². The molecule has 3 aliphatic heterocycles. The molecule has 0 spiro atoms. The van der Waals surface area contributed by atoms with Gasteiger partial charge in [0, 0.05) is 23.8 Å². The van der Waals surface area contributed by atoms with Crippen LogP contribution >= 0.6 is 0 Å². The molecule has 0 saturated carbocycles. The van der Waals surface area contributed by atoms with E-state index in [2.05, 4.69) is 0 Å². The molecule has 0 amide bonds. The van der Waals surface area contributed by atoms with Gasteiger partial charge in [0.2, 0.25) is 6.29 Å². The number of carbonyl (C=O) groups is 1. The lowest BCUT2D eigenvalue weighted by Gasteiger charge is -2.46. The van der Waals surface area contributed by atoms with E-state index in [-0.39, 0.29) is 45.3 Å². The first-order valence-corrected chi connectivity index (χ1v) is 20.6. The van der Waals surface area contributed by atoms with Crippen LogP contribution in [0.4, 0.5) is 0 Å². The zero-order valence-electron chi connectivity index (χ0n) is 35.5. The number of carbonyl (C=O) groups excluding carboxylic acids is 1. The summed E-state index contributed by atoms with van der Waals surface area (Å²) in [4.78, 5) is 26.4. The van der Waals surface area contributed by atoms with Gasteiger partial charge >= 0.3 is 5.97 Å². The summed E-state index contributed by atoms with van der Waals surface area (Å²) in [7, 11) is 2.50. The molecule has 0 radical (unpaired) electrons. The third kappa shape index (κ3) is 10.1. The standard InChI is InChI=1S/C44H50O23/c1-59-23-11-17(3-9-21(23)64-43-39(57)36(54)32(50)27(15-46)65-43)4-10-29(49)61-16-28-34(52)37(55)40(58)44(66-28)67-42-38(56)33(51)26(14-45)63-41(42)31-24(60-2)13-25-30(35(31)53)20(48)12-22(62-25)18-5-7-19(47)8-6-18/h3-13,26-28,32-34,36-47,50-58H,14-16H2,1-2H3/b10-4+/t26-,27-,28-,32-,33-,34-,36+,37+,38+,39-,40-,41+,42-,43-,44+/m1/s1. The van der Waals surface area contributed by atoms with Crippen molar-refractivity contribution in [2.75, 3.05) is 34.0 Å². The molecule has 3 aliphatic rings. The minimum absolute atomic E-state index is 0.0240. The van der Waals surface area contributed by atoms with Gasteiger partial charge in [-0.1, -0.05) is 6.07 Å². The van der Waals surface area contributed by atoms with Gasteiger partial charge in [0.05, 0.1) is 33.0 Å². The molecular weight excluding hydrogens is 896 g/mol. The van der Waals surface area contributed by atoms with E-state index in [9.17, 15) is 70.9 Å². The maximum Gasteiger partial charge on any atom is 0.330 e. The highest BCUT2D eigenvalue weighted by molar-refractivity contribution is 5.88. The summed E-state index contributed by atoms with van der Waals surface area (Å²) in [6, 6.07) is 12.3. The minimum Gasteiger partial charge on any atom is -0.508 e. The normalized spacial score (nSPS) is 32.3. The van der Waals surface area contributed by atoms with E-state index < -0.39 is 129 Å². The molecule has 0 unspecified atom stereocenters. The molecule has 3 aromatic carbocycles. The lowest BCUT2D eigenvalue weighted by molar-refractivity contribution is -0.342. The fourth-order valence-electron chi connectivity index (χ4n) is 7.85. The third-order valence-electron chi connectivity index (χ3n) is 11.6. The van der Waals surface area contributed by atoms with Crippen molar-refractivity contribution in [1.29, 1.82) is 0 Å². The lowest BCUT2D eigenvalue weighted by Crippen LogP contribution is -2.63. The van der Waals surface area contributed by atoms with Crippen molar-refractivity contribution in [3.05, 3.63) is 82.0 Å². The van der Waals surface area contributed by atoms with Crippen LogP contribution < -0.4 is 19.6 Å². The SMILES string of the molecule is COc1cc(/C=C/C(=O)OC[C@H]2O[C@@H](O[C@@H]3[C@@H](O)[C@H](O)[C@@H](CO)O[C@H]3c3c(OC)cc4oc(-c5ccc(O)cc5)cc(=O)c4c3O)[C@H](O)[C@@H](O)[C@@H]2O)ccc1O[C@@H]1O[C@H](CO)[C@@H](O)[C@H](O)[C@H]1O. The number of phenolic OH excluding ortho intramolecular Hbond substituents is 2. The van der Waals surface area contributed by atoms with Crippen molar-refractivity contribution < 1.29 is 108 Å². The summed E-state index contributed by atoms with van der Waals surface area (Å²) in [5, 5.41) is 126. The first kappa shape index (κ1) is 49.4. The number of aliphatic hydroxyl groups excluding tert-OH is 10. The maximum absolute atomic E-state index is 13.5. The van der Waals surface area contributed by atoms with Crippen molar-refractivity contribution in [2.45, 2.75) is 91.9 Å². The number of hydrogen-bond acceptors (Lipinski definition) is 23. The molecular formula is C44H50O23. The largest absolute Gasteiger partial charge is 0.508 e. The molecule has 4 aromatic rings. The van der Waals surface area contributed by atoms with Crippen molar-refractivity contribution >= 4 is 23.0 Å². The van der Waals surface area contributed by atoms with Gasteiger partial charge in [0.15, 0.2) is 23.2 Å². The summed E-state index contributed by atoms with van der Waals surface area (Å²) >= 11 is 0. The molecule has 364 valence electrons. The molecule has 0 aliphatic carbocycles. The molecule has 23 heteroatoms. The first-order chi connectivity index (χ1) is 32.0. The fourth-order valence-corrected chi connectivity index (χ4v) is 7.85. The van der Waals surface area contributed by atoms with Crippen LogP contribution in [0, 0.1) is 0 Å². The van der Waals surface area contributed by atoms with Gasteiger partial charge in [-0.25, -0.2) is 4.79 Å². The molecule has 0 bridgehead atoms. The lowest BCUT2D eigenvalue weighted by atomic mass is 9.89. The van der Waals surface area contributed by atoms with E-state index in [1.165, 1.54) is 68.8 Å². The van der Waals surface area contributed by atoms with Crippen LogP contribution in [0.5, 0.6) is 28.7 Å². The number of esters is 1. The Kier molecular flexibility index (Phi) is 15.3. The van der Waals surface area contributed by atoms with Gasteiger partial charge in [-0.2, -0.15) is 0 Å². The van der Waals surface area contributed by atoms with Gasteiger partial charge in [-0.05, 0) is 48.0 Å². The van der Waals surface area contributed by atoms with Crippen LogP contribution in [-0.4, -0.2) is 187 Å². The van der Waals surface area contributed by atoms with E-state index in [1.54, 1.807) is 0 Å². The quantitative estimate of drug-likeness (QED) is 0.0466. The number of fused-ring (bicyclic) bond motifs is 1. The second-order valence-electron chi connectivity index (χ2n) is 15.8. The average molecular weight is 947 g/mol. The highest BCUT2D eigenvalue weighted by atomic mass is 16.7. The van der Waals surface area contributed by atoms with Crippen molar-refractivity contribution in [2.24, 2.45) is 0 Å². The number of aliphatic hydroxyl groups is 10. The summed E-state index contributed by atoms with van der Waals surface area (Å²) in [6.07, 6.45) is -23.9. The van der Waals surface area contributed by atoms with Crippen LogP contribution in [0.2, 0.25) is 0 Å². The average Bonchev–Trinajstić information content (AvgIpc) is 3.32. The zero-order chi connectivity index (χ0) is 48.4. The van der Waals surface area contributed by atoms with Crippen molar-refractivity contribution in [3.63, 3.8) is 0 Å². The Morgan fingerprint density at radius 3 is 1.94 bits per heavy atom. The predicted molar refractivity (Wildman–Crippen MR) is 223 cm³/mol. The zero-order valence-corrected chi connectivity index (χ0v) is 35.5. The second-order valence-corrected chi connectivity index (χ2v) is 15.8. The van der Waals surface area contributed by atoms with E-state index in [1.807, 2.05) is 0 Å². The van der Waals surface area contributed by atoms with E-state index >= 15 is 0 Å². The summed E-state index contributed by atoms with van der Waals surface area (Å²) in [5.74, 6) is -1.81. The Hall–Kier alpha value is -5.48. The Morgan fingerprint density at radius 2 is 1.28 bits per heavy atom. The van der Waals surface area contributed by atoms with E-state index in [4.69, 9.17) is 42.3 Å². The minimum atomic E-state index is -2.05. The van der Waals surface area contributed by atoms with Gasteiger partial charge in [-0.3, -0.25) is 4.79 Å². The predicted octanol–water partition coefficient (Wildman–Crippen LogP) is -2.33. The first-order valence-electron chi connectivity index (χ1n) is 20.6. The summed E-state index contributed by atoms with van der Waals surface area (Å²) in [5.41, 5.74) is -0.465. The van der Waals surface area contributed by atoms with Crippen molar-refractivity contribution in [3.8, 4) is 40.1 Å². The highest BCUT2D eigenvalue weighted by Gasteiger charge is 2.52. The third-order valence-corrected chi connectivity index (χ3v) is 11.6. The monoisotopic (exact) mass is 946 g/mol. The number of benzene rings is 3. The Labute approximate surface area is 378 Å². The topological polar surface area (TPSA) is 364 Å². The van der Waals surface area contributed by atoms with E-state index in [0.717, 1.165) is 12.1 Å². The summed E-state index contributed by atoms with van der Waals surface area (Å²) in [6.45, 7) is -2.27. The molecule has 3 saturated heterocycles. The molecule has 67 heavy (non-hydrogen) atoms. The van der Waals surface area contributed by atoms with Gasteiger partial charge < -0.3 is 104 Å². The number of rotatable bonds is 14. The van der Waals surface area contributed by atoms with Gasteiger partial charge in [-0.15, -0.1) is 0 Å². The molecule has 15 atom stereocenters. The second kappa shape index (κ2) is 20.8. The van der Waals surface area contributed by atoms with Crippen LogP contribution in [-0.2, 0) is 28.5 Å².